The van der Waals surface area contributed by atoms with E-state index in [1.165, 1.54) is 36.4 Å². The van der Waals surface area contributed by atoms with Crippen molar-refractivity contribution in [2.45, 2.75) is 5.92 Å². The molecule has 0 fully saturated rings. The minimum absolute atomic E-state index is 0.132. The molecule has 168 valence electrons. The van der Waals surface area contributed by atoms with Crippen LogP contribution in [0, 0.1) is 0 Å². The molecule has 0 spiro atoms. The molecule has 3 aromatic rings. The minimum Gasteiger partial charge on any atom is -0.508 e. The van der Waals surface area contributed by atoms with Gasteiger partial charge >= 0.3 is 0 Å². The van der Waals surface area contributed by atoms with Gasteiger partial charge in [-0.2, -0.15) is 0 Å². The molecule has 0 aromatic heterocycles. The third kappa shape index (κ3) is 8.12. The van der Waals surface area contributed by atoms with Crippen molar-refractivity contribution in [2.24, 2.45) is 5.73 Å². The normalized spacial score (nSPS) is 10.7. The summed E-state index contributed by atoms with van der Waals surface area (Å²) in [7, 11) is 0. The van der Waals surface area contributed by atoms with Crippen LogP contribution in [0.4, 0.5) is 0 Å². The van der Waals surface area contributed by atoms with Gasteiger partial charge in [-0.3, -0.25) is 14.4 Å². The highest BCUT2D eigenvalue weighted by Crippen LogP contribution is 2.23. The Morgan fingerprint density at radius 2 is 1.09 bits per heavy atom. The van der Waals surface area contributed by atoms with Crippen molar-refractivity contribution >= 4 is 41.7 Å². The Morgan fingerprint density at radius 1 is 0.727 bits per heavy atom. The van der Waals surface area contributed by atoms with Crippen LogP contribution >= 0.6 is 11.6 Å². The van der Waals surface area contributed by atoms with Crippen LogP contribution in [-0.4, -0.2) is 28.2 Å². The van der Waals surface area contributed by atoms with Gasteiger partial charge in [-0.1, -0.05) is 60.2 Å². The maximum Gasteiger partial charge on any atom is 0.204 e. The monoisotopic (exact) mass is 463 g/mol. The van der Waals surface area contributed by atoms with Gasteiger partial charge in [0.05, 0.1) is 0 Å². The van der Waals surface area contributed by atoms with E-state index in [-0.39, 0.29) is 29.5 Å². The SMILES string of the molecule is NC=O.O=C(/C=C/c1ccc(O)cc1)C(C(=O)/C=C/c1ccc(O)cc1)c1ccc(Cl)cc1. The van der Waals surface area contributed by atoms with E-state index in [4.69, 9.17) is 16.4 Å². The van der Waals surface area contributed by atoms with Gasteiger partial charge in [0.2, 0.25) is 6.41 Å². The summed E-state index contributed by atoms with van der Waals surface area (Å²) in [6.45, 7) is 0. The molecule has 0 saturated carbocycles. The second kappa shape index (κ2) is 12.6. The number of phenols is 2. The smallest absolute Gasteiger partial charge is 0.204 e. The number of hydrogen-bond donors (Lipinski definition) is 3. The second-order valence-electron chi connectivity index (χ2n) is 6.78. The van der Waals surface area contributed by atoms with E-state index in [1.807, 2.05) is 0 Å². The van der Waals surface area contributed by atoms with Gasteiger partial charge in [0, 0.05) is 5.02 Å². The van der Waals surface area contributed by atoms with Crippen LogP contribution < -0.4 is 5.73 Å². The maximum absolute atomic E-state index is 12.9. The van der Waals surface area contributed by atoms with Gasteiger partial charge in [0.25, 0.3) is 0 Å². The van der Waals surface area contributed by atoms with Crippen LogP contribution in [0.15, 0.2) is 84.9 Å². The quantitative estimate of drug-likeness (QED) is 0.271. The summed E-state index contributed by atoms with van der Waals surface area (Å²) in [4.78, 5) is 34.4. The average Bonchev–Trinajstić information content (AvgIpc) is 2.80. The molecule has 6 nitrogen and oxygen atoms in total. The summed E-state index contributed by atoms with van der Waals surface area (Å²) >= 11 is 5.94. The van der Waals surface area contributed by atoms with E-state index >= 15 is 0 Å². The fourth-order valence-electron chi connectivity index (χ4n) is 2.84. The van der Waals surface area contributed by atoms with Crippen LogP contribution in [0.5, 0.6) is 11.5 Å². The van der Waals surface area contributed by atoms with Gasteiger partial charge in [-0.05, 0) is 65.2 Å². The molecule has 0 unspecified atom stereocenters. The summed E-state index contributed by atoms with van der Waals surface area (Å²) in [6.07, 6.45) is 6.17. The van der Waals surface area contributed by atoms with Crippen molar-refractivity contribution in [3.05, 3.63) is 107 Å². The molecule has 0 heterocycles. The van der Waals surface area contributed by atoms with Crippen LogP contribution in [0.3, 0.4) is 0 Å². The number of nitrogens with two attached hydrogens (primary N) is 1. The Labute approximate surface area is 196 Å². The molecular weight excluding hydrogens is 442 g/mol. The lowest BCUT2D eigenvalue weighted by Gasteiger charge is -2.11. The summed E-state index contributed by atoms with van der Waals surface area (Å²) < 4.78 is 0. The molecule has 0 bridgehead atoms. The van der Waals surface area contributed by atoms with Crippen molar-refractivity contribution in [1.29, 1.82) is 0 Å². The summed E-state index contributed by atoms with van der Waals surface area (Å²) in [5.41, 5.74) is 6.16. The van der Waals surface area contributed by atoms with Crippen LogP contribution in [0.25, 0.3) is 12.2 Å². The Balaban J connectivity index is 0.00000122. The van der Waals surface area contributed by atoms with Gasteiger partial charge in [-0.25, -0.2) is 0 Å². The first kappa shape index (κ1) is 25.1. The van der Waals surface area contributed by atoms with E-state index in [1.54, 1.807) is 60.7 Å². The van der Waals surface area contributed by atoms with E-state index in [2.05, 4.69) is 5.73 Å². The van der Waals surface area contributed by atoms with Crippen LogP contribution in [0.2, 0.25) is 5.02 Å². The van der Waals surface area contributed by atoms with Crippen molar-refractivity contribution in [1.82, 2.24) is 0 Å². The third-order valence-corrected chi connectivity index (χ3v) is 4.69. The number of phenolic OH excluding ortho intramolecular Hbond substituents is 2. The van der Waals surface area contributed by atoms with E-state index in [0.717, 1.165) is 11.1 Å². The molecule has 4 N–H and O–H groups in total. The third-order valence-electron chi connectivity index (χ3n) is 4.44. The molecule has 0 aliphatic rings. The highest BCUT2D eigenvalue weighted by Gasteiger charge is 2.24. The zero-order chi connectivity index (χ0) is 24.2. The van der Waals surface area contributed by atoms with E-state index in [0.29, 0.717) is 10.6 Å². The zero-order valence-corrected chi connectivity index (χ0v) is 18.2. The van der Waals surface area contributed by atoms with Crippen molar-refractivity contribution in [3.8, 4) is 11.5 Å². The van der Waals surface area contributed by atoms with E-state index in [9.17, 15) is 19.8 Å². The van der Waals surface area contributed by atoms with Crippen molar-refractivity contribution in [2.75, 3.05) is 0 Å². The molecular formula is C26H22ClNO5. The van der Waals surface area contributed by atoms with Crippen molar-refractivity contribution < 1.29 is 24.6 Å². The zero-order valence-electron chi connectivity index (χ0n) is 17.5. The number of allylic oxidation sites excluding steroid dienone is 2. The lowest BCUT2D eigenvalue weighted by Crippen LogP contribution is -2.19. The summed E-state index contributed by atoms with van der Waals surface area (Å²) in [5, 5.41) is 19.2. The Kier molecular flexibility index (Phi) is 9.61. The first-order valence-electron chi connectivity index (χ1n) is 9.76. The number of rotatable bonds is 7. The first-order chi connectivity index (χ1) is 15.8. The fraction of sp³-hybridized carbons (Fsp3) is 0.0385. The number of aromatic hydroxyl groups is 2. The number of amides is 1. The summed E-state index contributed by atoms with van der Waals surface area (Å²) in [5.74, 6) is -1.49. The Morgan fingerprint density at radius 3 is 1.45 bits per heavy atom. The van der Waals surface area contributed by atoms with Gasteiger partial charge in [0.1, 0.15) is 17.4 Å². The highest BCUT2D eigenvalue weighted by molar-refractivity contribution is 6.30. The second-order valence-corrected chi connectivity index (χ2v) is 7.21. The first-order valence-corrected chi connectivity index (χ1v) is 10.1. The number of hydrogen-bond acceptors (Lipinski definition) is 5. The number of ketones is 2. The lowest BCUT2D eigenvalue weighted by molar-refractivity contribution is -0.124. The Bertz CT molecular complexity index is 1070. The molecule has 3 aromatic carbocycles. The molecule has 3 rings (SSSR count). The number of primary amides is 1. The highest BCUT2D eigenvalue weighted by atomic mass is 35.5. The van der Waals surface area contributed by atoms with Crippen LogP contribution in [0.1, 0.15) is 22.6 Å². The molecule has 7 heteroatoms. The molecule has 0 atom stereocenters. The number of carbonyl (C=O) groups is 3. The average molecular weight is 464 g/mol. The fourth-order valence-corrected chi connectivity index (χ4v) is 2.97. The predicted molar refractivity (Wildman–Crippen MR) is 129 cm³/mol. The lowest BCUT2D eigenvalue weighted by atomic mass is 9.89. The molecule has 33 heavy (non-hydrogen) atoms. The maximum atomic E-state index is 12.9. The van der Waals surface area contributed by atoms with Crippen LogP contribution in [-0.2, 0) is 14.4 Å². The minimum atomic E-state index is -1.01. The standard InChI is InChI=1S/C25H19ClO4.CH3NO/c26-20-9-7-19(8-10-20)25(23(29)15-5-17-1-11-21(27)12-2-17)24(30)16-6-18-3-13-22(28)14-4-18;2-1-3/h1-16,25,27-28H;1H,(H2,2,3)/b15-5+,16-6+;. The topological polar surface area (TPSA) is 118 Å². The van der Waals surface area contributed by atoms with E-state index < -0.39 is 5.92 Å². The van der Waals surface area contributed by atoms with Gasteiger partial charge < -0.3 is 15.9 Å². The predicted octanol–water partition coefficient (Wildman–Crippen LogP) is 4.50. The molecule has 0 saturated heterocycles. The number of benzene rings is 3. The number of halogens is 1. The number of carbonyl (C=O) groups excluding carboxylic acids is 3. The molecule has 1 amide bonds. The largest absolute Gasteiger partial charge is 0.508 e. The Hall–Kier alpha value is -4.16. The van der Waals surface area contributed by atoms with Gasteiger partial charge in [0.15, 0.2) is 11.6 Å². The molecule has 0 radical (unpaired) electrons. The molecule has 0 aliphatic heterocycles. The summed E-state index contributed by atoms with van der Waals surface area (Å²) in [6, 6.07) is 19.3. The molecule has 0 aliphatic carbocycles. The van der Waals surface area contributed by atoms with Gasteiger partial charge in [-0.15, -0.1) is 0 Å². The van der Waals surface area contributed by atoms with Crippen molar-refractivity contribution in [3.63, 3.8) is 0 Å².